The molecule has 2 N–H and O–H groups in total. The van der Waals surface area contributed by atoms with E-state index in [1.54, 1.807) is 24.3 Å². The Morgan fingerprint density at radius 1 is 1.21 bits per heavy atom. The number of carbonyl (C=O) groups is 1. The van der Waals surface area contributed by atoms with Crippen molar-refractivity contribution in [2.24, 2.45) is 15.9 Å². The number of sulfonamides is 1. The molecule has 12 heteroatoms. The van der Waals surface area contributed by atoms with Gasteiger partial charge in [-0.05, 0) is 36.5 Å². The zero-order chi connectivity index (χ0) is 24.1. The lowest BCUT2D eigenvalue weighted by Crippen LogP contribution is -2.33. The highest BCUT2D eigenvalue weighted by atomic mass is 35.5. The van der Waals surface area contributed by atoms with Crippen molar-refractivity contribution in [3.05, 3.63) is 35.7 Å². The van der Waals surface area contributed by atoms with Crippen LogP contribution in [0.4, 0.5) is 0 Å². The van der Waals surface area contributed by atoms with Gasteiger partial charge in [0.05, 0.1) is 10.9 Å². The average Bonchev–Trinajstić information content (AvgIpc) is 3.44. The third-order valence-corrected chi connectivity index (χ3v) is 7.48. The molecule has 0 saturated heterocycles. The molecule has 3 atom stereocenters. The van der Waals surface area contributed by atoms with Crippen LogP contribution in [0.2, 0.25) is 0 Å². The first-order valence-electron chi connectivity index (χ1n) is 10.9. The molecule has 2 aromatic rings. The molecule has 3 rings (SSSR count). The molecule has 2 heterocycles. The highest BCUT2D eigenvalue weighted by Crippen LogP contribution is 2.32. The Kier molecular flexibility index (Phi) is 8.09. The van der Waals surface area contributed by atoms with Crippen LogP contribution < -0.4 is 4.72 Å². The number of halogens is 1. The second kappa shape index (κ2) is 10.6. The predicted octanol–water partition coefficient (Wildman–Crippen LogP) is 2.99. The van der Waals surface area contributed by atoms with Gasteiger partial charge >= 0.3 is 0 Å². The molecule has 33 heavy (non-hydrogen) atoms. The first kappa shape index (κ1) is 25.1. The van der Waals surface area contributed by atoms with Crippen molar-refractivity contribution in [3.63, 3.8) is 0 Å². The molecule has 1 aromatic carbocycles. The number of benzene rings is 1. The molecular formula is C21H28ClN7O3S. The van der Waals surface area contributed by atoms with E-state index >= 15 is 0 Å². The van der Waals surface area contributed by atoms with Gasteiger partial charge in [0.2, 0.25) is 10.0 Å². The number of tetrazole rings is 1. The van der Waals surface area contributed by atoms with E-state index in [1.807, 2.05) is 13.8 Å². The number of rotatable bonds is 12. The van der Waals surface area contributed by atoms with Crippen LogP contribution in [-0.4, -0.2) is 51.9 Å². The molecule has 0 saturated carbocycles. The lowest BCUT2D eigenvalue weighted by molar-refractivity contribution is -0.102. The molecule has 2 unspecified atom stereocenters. The molecule has 0 spiro atoms. The minimum atomic E-state index is -3.83. The second-order valence-electron chi connectivity index (χ2n) is 8.18. The van der Waals surface area contributed by atoms with E-state index in [1.165, 1.54) is 0 Å². The molecule has 0 radical (unpaired) electrons. The summed E-state index contributed by atoms with van der Waals surface area (Å²) in [6.45, 7) is 5.95. The van der Waals surface area contributed by atoms with E-state index in [-0.39, 0.29) is 21.7 Å². The van der Waals surface area contributed by atoms with Gasteiger partial charge in [0.1, 0.15) is 5.71 Å². The summed E-state index contributed by atoms with van der Waals surface area (Å²) in [7, 11) is -3.83. The quantitative estimate of drug-likeness (QED) is 0.435. The van der Waals surface area contributed by atoms with E-state index in [4.69, 9.17) is 11.6 Å². The molecular weight excluding hydrogens is 466 g/mol. The molecule has 10 nitrogen and oxygen atoms in total. The maximum absolute atomic E-state index is 13.0. The summed E-state index contributed by atoms with van der Waals surface area (Å²) in [5.41, 5.74) is 0.141. The highest BCUT2D eigenvalue weighted by Gasteiger charge is 2.35. The van der Waals surface area contributed by atoms with Crippen LogP contribution in [0.1, 0.15) is 63.9 Å². The number of H-pyrrole nitrogens is 1. The molecule has 0 fully saturated rings. The third kappa shape index (κ3) is 5.90. The van der Waals surface area contributed by atoms with Gasteiger partial charge in [-0.15, -0.1) is 10.2 Å². The number of hydrogen-bond acceptors (Lipinski definition) is 8. The Morgan fingerprint density at radius 3 is 2.48 bits per heavy atom. The smallest absolute Gasteiger partial charge is 0.241 e. The second-order valence-corrected chi connectivity index (χ2v) is 10.3. The molecule has 178 valence electrons. The summed E-state index contributed by atoms with van der Waals surface area (Å²) in [6, 6.07) is 5.93. The van der Waals surface area contributed by atoms with Gasteiger partial charge in [0, 0.05) is 6.42 Å². The van der Waals surface area contributed by atoms with Crippen LogP contribution in [-0.2, 0) is 21.2 Å². The largest absolute Gasteiger partial charge is 0.296 e. The normalized spacial score (nSPS) is 20.2. The number of aromatic nitrogens is 4. The number of unbranched alkanes of at least 4 members (excludes halogenated alkanes) is 1. The zero-order valence-corrected chi connectivity index (χ0v) is 20.4. The molecule has 0 amide bonds. The van der Waals surface area contributed by atoms with E-state index in [2.05, 4.69) is 42.3 Å². The first-order valence-corrected chi connectivity index (χ1v) is 12.7. The Balaban J connectivity index is 1.81. The van der Waals surface area contributed by atoms with Crippen molar-refractivity contribution >= 4 is 38.8 Å². The lowest BCUT2D eigenvalue weighted by atomic mass is 9.95. The minimum Gasteiger partial charge on any atom is -0.296 e. The number of aromatic amines is 1. The summed E-state index contributed by atoms with van der Waals surface area (Å²) in [5, 5.41) is 13.9. The molecule has 1 aromatic heterocycles. The van der Waals surface area contributed by atoms with Crippen LogP contribution in [0, 0.1) is 5.92 Å². The molecule has 1 aliphatic rings. The monoisotopic (exact) mass is 493 g/mol. The van der Waals surface area contributed by atoms with Gasteiger partial charge in [-0.3, -0.25) is 4.79 Å². The van der Waals surface area contributed by atoms with Crippen molar-refractivity contribution in [2.75, 3.05) is 0 Å². The number of aliphatic imine (C=N–C) groups is 2. The number of carbonyl (C=O) groups excluding carboxylic acids is 1. The average molecular weight is 494 g/mol. The number of hydrogen-bond donors (Lipinski definition) is 2. The Bertz CT molecular complexity index is 1120. The van der Waals surface area contributed by atoms with Crippen LogP contribution in [0.5, 0.6) is 0 Å². The van der Waals surface area contributed by atoms with Gasteiger partial charge < -0.3 is 0 Å². The molecule has 1 aliphatic heterocycles. The van der Waals surface area contributed by atoms with Crippen molar-refractivity contribution < 1.29 is 13.2 Å². The zero-order valence-electron chi connectivity index (χ0n) is 18.8. The predicted molar refractivity (Wildman–Crippen MR) is 126 cm³/mol. The summed E-state index contributed by atoms with van der Waals surface area (Å²) < 4.78 is 28.8. The fourth-order valence-corrected chi connectivity index (χ4v) is 5.20. The van der Waals surface area contributed by atoms with Crippen LogP contribution in [0.25, 0.3) is 0 Å². The Labute approximate surface area is 198 Å². The standard InChI is InChI=1S/C21H28ClN7O3S/c1-4-6-11-21(23-17(13-30)19(22)24-21)12-15-7-9-16(10-8-15)33(31,32)27-18(14(3)5-2)20-25-28-29-26-20/h7-10,13-14,18,27H,4-6,11-12H2,1-3H3,(H,25,26,28,29)/t14?,18-,21?/m1/s1. The van der Waals surface area contributed by atoms with Crippen molar-refractivity contribution in [2.45, 2.75) is 69.5 Å². The van der Waals surface area contributed by atoms with E-state index in [0.29, 0.717) is 25.0 Å². The third-order valence-electron chi connectivity index (χ3n) is 5.74. The molecule has 0 bridgehead atoms. The Morgan fingerprint density at radius 2 is 1.94 bits per heavy atom. The van der Waals surface area contributed by atoms with Gasteiger partial charge in [-0.1, -0.05) is 62.6 Å². The van der Waals surface area contributed by atoms with E-state index < -0.39 is 21.7 Å². The van der Waals surface area contributed by atoms with E-state index in [0.717, 1.165) is 24.8 Å². The summed E-state index contributed by atoms with van der Waals surface area (Å²) in [6.07, 6.45) is 4.20. The molecule has 0 aliphatic carbocycles. The fraction of sp³-hybridized carbons (Fsp3) is 0.524. The highest BCUT2D eigenvalue weighted by molar-refractivity contribution is 7.89. The van der Waals surface area contributed by atoms with Gasteiger partial charge in [-0.25, -0.2) is 18.4 Å². The number of nitrogens with zero attached hydrogens (tertiary/aromatic N) is 5. The Hall–Kier alpha value is -2.50. The first-order chi connectivity index (χ1) is 15.7. The van der Waals surface area contributed by atoms with Crippen LogP contribution in [0.15, 0.2) is 39.1 Å². The van der Waals surface area contributed by atoms with Gasteiger partial charge in [0.25, 0.3) is 0 Å². The van der Waals surface area contributed by atoms with Gasteiger partial charge in [-0.2, -0.15) is 9.94 Å². The lowest BCUT2D eigenvalue weighted by Gasteiger charge is -2.23. The SMILES string of the molecule is CCCCC1(Cc2ccc(S(=O)(=O)N[C@@H](c3nn[nH]n3)C(C)CC)cc2)N=C(Cl)C(C=O)=N1. The van der Waals surface area contributed by atoms with Crippen molar-refractivity contribution in [1.82, 2.24) is 25.3 Å². The van der Waals surface area contributed by atoms with Crippen molar-refractivity contribution in [1.29, 1.82) is 0 Å². The number of aldehydes is 1. The van der Waals surface area contributed by atoms with Crippen LogP contribution >= 0.6 is 11.6 Å². The summed E-state index contributed by atoms with van der Waals surface area (Å²) in [5.74, 6) is 0.257. The summed E-state index contributed by atoms with van der Waals surface area (Å²) in [4.78, 5) is 20.3. The summed E-state index contributed by atoms with van der Waals surface area (Å²) >= 11 is 6.10. The van der Waals surface area contributed by atoms with Gasteiger partial charge in [0.15, 0.2) is 22.9 Å². The maximum Gasteiger partial charge on any atom is 0.241 e. The topological polar surface area (TPSA) is 142 Å². The van der Waals surface area contributed by atoms with E-state index in [9.17, 15) is 13.2 Å². The van der Waals surface area contributed by atoms with Crippen molar-refractivity contribution in [3.8, 4) is 0 Å². The number of nitrogens with one attached hydrogen (secondary N) is 2. The fourth-order valence-electron chi connectivity index (χ4n) is 3.66. The van der Waals surface area contributed by atoms with Crippen LogP contribution in [0.3, 0.4) is 0 Å². The maximum atomic E-state index is 13.0. The minimum absolute atomic E-state index is 0.0371.